The Morgan fingerprint density at radius 1 is 1.68 bits per heavy atom. The third-order valence-electron chi connectivity index (χ3n) is 3.25. The molecule has 5 nitrogen and oxygen atoms in total. The molecule has 0 aromatic carbocycles. The van der Waals surface area contributed by atoms with Crippen LogP contribution >= 0.6 is 22.9 Å². The summed E-state index contributed by atoms with van der Waals surface area (Å²) in [4.78, 5) is 13.2. The number of nitrogens with one attached hydrogen (secondary N) is 1. The highest BCUT2D eigenvalue weighted by atomic mass is 35.5. The fourth-order valence-corrected chi connectivity index (χ4v) is 2.62. The maximum absolute atomic E-state index is 12.3. The maximum Gasteiger partial charge on any atom is 0.234 e. The molecule has 1 heterocycles. The van der Waals surface area contributed by atoms with E-state index in [1.165, 1.54) is 11.3 Å². The Hall–Kier alpha value is -1.27. The van der Waals surface area contributed by atoms with Crippen LogP contribution < -0.4 is 11.1 Å². The molecule has 0 saturated carbocycles. The number of oxime groups is 1. The first-order valence-electron chi connectivity index (χ1n) is 5.89. The van der Waals surface area contributed by atoms with Crippen LogP contribution in [-0.2, 0) is 4.79 Å². The van der Waals surface area contributed by atoms with Crippen molar-refractivity contribution >= 4 is 34.7 Å². The van der Waals surface area contributed by atoms with E-state index < -0.39 is 5.41 Å². The Labute approximate surface area is 121 Å². The van der Waals surface area contributed by atoms with E-state index in [2.05, 4.69) is 10.5 Å². The number of nitrogens with two attached hydrogens (primary N) is 1. The van der Waals surface area contributed by atoms with Gasteiger partial charge in [0.2, 0.25) is 5.91 Å². The van der Waals surface area contributed by atoms with Crippen molar-refractivity contribution in [1.82, 2.24) is 5.32 Å². The molecule has 0 fully saturated rings. The molecule has 106 valence electrons. The van der Waals surface area contributed by atoms with Gasteiger partial charge in [-0.15, -0.1) is 11.3 Å². The van der Waals surface area contributed by atoms with Crippen molar-refractivity contribution in [2.45, 2.75) is 33.2 Å². The summed E-state index contributed by atoms with van der Waals surface area (Å²) >= 11 is 7.27. The first-order valence-corrected chi connectivity index (χ1v) is 7.08. The Morgan fingerprint density at radius 3 is 2.74 bits per heavy atom. The molecule has 1 amide bonds. The summed E-state index contributed by atoms with van der Waals surface area (Å²) in [7, 11) is 0. The molecule has 0 radical (unpaired) electrons. The summed E-state index contributed by atoms with van der Waals surface area (Å²) in [6, 6.07) is 3.47. The molecule has 0 aliphatic carbocycles. The van der Waals surface area contributed by atoms with Crippen molar-refractivity contribution in [2.75, 3.05) is 0 Å². The first kappa shape index (κ1) is 15.8. The van der Waals surface area contributed by atoms with E-state index in [1.54, 1.807) is 13.0 Å². The lowest BCUT2D eigenvalue weighted by Crippen LogP contribution is -2.48. The standard InChI is InChI=1S/C12H18ClN3O2S/c1-4-12(3,10(14)16-18)11(17)15-7(2)8-5-6-9(13)19-8/h5-7,18H,4H2,1-3H3,(H2,14,16)(H,15,17). The van der Waals surface area contributed by atoms with Gasteiger partial charge in [0, 0.05) is 4.88 Å². The number of halogens is 1. The van der Waals surface area contributed by atoms with Gasteiger partial charge in [-0.2, -0.15) is 0 Å². The van der Waals surface area contributed by atoms with E-state index in [0.29, 0.717) is 10.8 Å². The minimum Gasteiger partial charge on any atom is -0.409 e. The highest BCUT2D eigenvalue weighted by Crippen LogP contribution is 2.28. The van der Waals surface area contributed by atoms with Gasteiger partial charge in [0.1, 0.15) is 5.41 Å². The lowest BCUT2D eigenvalue weighted by atomic mass is 9.85. The zero-order chi connectivity index (χ0) is 14.6. The van der Waals surface area contributed by atoms with Gasteiger partial charge in [0.05, 0.1) is 10.4 Å². The molecule has 7 heteroatoms. The SMILES string of the molecule is CCC(C)(C(=O)NC(C)c1ccc(Cl)s1)/C(N)=N/O. The predicted octanol–water partition coefficient (Wildman–Crippen LogP) is 2.74. The number of amidine groups is 1. The number of hydrogen-bond donors (Lipinski definition) is 3. The van der Waals surface area contributed by atoms with E-state index in [0.717, 1.165) is 4.88 Å². The van der Waals surface area contributed by atoms with Crippen molar-refractivity contribution < 1.29 is 10.0 Å². The van der Waals surface area contributed by atoms with Crippen molar-refractivity contribution in [3.05, 3.63) is 21.3 Å². The average Bonchev–Trinajstić information content (AvgIpc) is 2.83. The lowest BCUT2D eigenvalue weighted by molar-refractivity contribution is -0.127. The normalized spacial score (nSPS) is 16.7. The van der Waals surface area contributed by atoms with Crippen LogP contribution in [-0.4, -0.2) is 17.0 Å². The Morgan fingerprint density at radius 2 is 2.32 bits per heavy atom. The van der Waals surface area contributed by atoms with E-state index in [-0.39, 0.29) is 17.8 Å². The number of hydrogen-bond acceptors (Lipinski definition) is 4. The summed E-state index contributed by atoms with van der Waals surface area (Å²) in [6.45, 7) is 5.32. The zero-order valence-corrected chi connectivity index (χ0v) is 12.7. The zero-order valence-electron chi connectivity index (χ0n) is 11.1. The molecular formula is C12H18ClN3O2S. The number of rotatable bonds is 5. The van der Waals surface area contributed by atoms with Crippen molar-refractivity contribution in [3.63, 3.8) is 0 Å². The third-order valence-corrected chi connectivity index (χ3v) is 4.66. The van der Waals surface area contributed by atoms with Crippen molar-refractivity contribution in [3.8, 4) is 0 Å². The molecule has 0 bridgehead atoms. The Balaban J connectivity index is 2.84. The third kappa shape index (κ3) is 3.39. The van der Waals surface area contributed by atoms with Gasteiger partial charge in [-0.05, 0) is 32.4 Å². The van der Waals surface area contributed by atoms with Gasteiger partial charge in [0.25, 0.3) is 0 Å². The second-order valence-corrected chi connectivity index (χ2v) is 6.25. The number of thiophene rings is 1. The molecule has 1 rings (SSSR count). The summed E-state index contributed by atoms with van der Waals surface area (Å²) < 4.78 is 0.672. The quantitative estimate of drug-likeness (QED) is 0.338. The number of amides is 1. The molecule has 19 heavy (non-hydrogen) atoms. The smallest absolute Gasteiger partial charge is 0.234 e. The first-order chi connectivity index (χ1) is 8.85. The van der Waals surface area contributed by atoms with Crippen LogP contribution in [0.2, 0.25) is 4.34 Å². The Bertz CT molecular complexity index is 489. The molecule has 1 aromatic rings. The van der Waals surface area contributed by atoms with Crippen LogP contribution in [0, 0.1) is 5.41 Å². The maximum atomic E-state index is 12.3. The Kier molecular flexibility index (Phi) is 5.20. The summed E-state index contributed by atoms with van der Waals surface area (Å²) in [5.74, 6) is -0.369. The fourth-order valence-electron chi connectivity index (χ4n) is 1.56. The van der Waals surface area contributed by atoms with Crippen LogP contribution in [0.25, 0.3) is 0 Å². The number of nitrogens with zero attached hydrogens (tertiary/aromatic N) is 1. The van der Waals surface area contributed by atoms with E-state index in [4.69, 9.17) is 22.5 Å². The van der Waals surface area contributed by atoms with Gasteiger partial charge in [-0.25, -0.2) is 0 Å². The molecule has 2 atom stereocenters. The largest absolute Gasteiger partial charge is 0.409 e. The van der Waals surface area contributed by atoms with Gasteiger partial charge in [-0.1, -0.05) is 23.7 Å². The van der Waals surface area contributed by atoms with E-state index >= 15 is 0 Å². The van der Waals surface area contributed by atoms with Crippen molar-refractivity contribution in [1.29, 1.82) is 0 Å². The van der Waals surface area contributed by atoms with Crippen LogP contribution in [0.15, 0.2) is 17.3 Å². The average molecular weight is 304 g/mol. The summed E-state index contributed by atoms with van der Waals surface area (Å²) in [5, 5.41) is 14.6. The molecule has 0 saturated heterocycles. The predicted molar refractivity (Wildman–Crippen MR) is 77.7 cm³/mol. The van der Waals surface area contributed by atoms with Gasteiger partial charge in [0.15, 0.2) is 5.84 Å². The second-order valence-electron chi connectivity index (χ2n) is 4.51. The molecule has 0 aliphatic heterocycles. The van der Waals surface area contributed by atoms with Crippen molar-refractivity contribution in [2.24, 2.45) is 16.3 Å². The van der Waals surface area contributed by atoms with Gasteiger partial charge >= 0.3 is 0 Å². The summed E-state index contributed by atoms with van der Waals surface area (Å²) in [6.07, 6.45) is 0.437. The summed E-state index contributed by atoms with van der Waals surface area (Å²) in [5.41, 5.74) is 4.58. The molecule has 0 aliphatic rings. The monoisotopic (exact) mass is 303 g/mol. The molecule has 2 unspecified atom stereocenters. The van der Waals surface area contributed by atoms with Crippen LogP contribution in [0.4, 0.5) is 0 Å². The van der Waals surface area contributed by atoms with Crippen LogP contribution in [0.3, 0.4) is 0 Å². The van der Waals surface area contributed by atoms with Crippen LogP contribution in [0.5, 0.6) is 0 Å². The highest BCUT2D eigenvalue weighted by Gasteiger charge is 2.37. The lowest BCUT2D eigenvalue weighted by Gasteiger charge is -2.27. The fraction of sp³-hybridized carbons (Fsp3) is 0.500. The molecule has 1 aromatic heterocycles. The highest BCUT2D eigenvalue weighted by molar-refractivity contribution is 7.16. The number of carbonyl (C=O) groups excluding carboxylic acids is 1. The molecule has 0 spiro atoms. The molecular weight excluding hydrogens is 286 g/mol. The molecule has 4 N–H and O–H groups in total. The topological polar surface area (TPSA) is 87.7 Å². The van der Waals surface area contributed by atoms with E-state index in [9.17, 15) is 4.79 Å². The number of carbonyl (C=O) groups is 1. The van der Waals surface area contributed by atoms with Gasteiger partial charge < -0.3 is 16.3 Å². The van der Waals surface area contributed by atoms with E-state index in [1.807, 2.05) is 19.9 Å². The second kappa shape index (κ2) is 6.25. The van der Waals surface area contributed by atoms with Crippen LogP contribution in [0.1, 0.15) is 38.1 Å². The minimum atomic E-state index is -1.02. The minimum absolute atomic E-state index is 0.0936. The van der Waals surface area contributed by atoms with Gasteiger partial charge in [-0.3, -0.25) is 4.79 Å².